The van der Waals surface area contributed by atoms with Crippen molar-refractivity contribution in [3.8, 4) is 0 Å². The molecule has 0 saturated heterocycles. The van der Waals surface area contributed by atoms with Crippen molar-refractivity contribution in [3.05, 3.63) is 59.7 Å². The molecule has 2 N–H and O–H groups in total. The summed E-state index contributed by atoms with van der Waals surface area (Å²) >= 11 is 0. The van der Waals surface area contributed by atoms with Crippen LogP contribution in [0.1, 0.15) is 20.8 Å². The van der Waals surface area contributed by atoms with Crippen molar-refractivity contribution in [1.82, 2.24) is 4.98 Å². The SMILES string of the molecule is O=C(Nc1ccnc(C(=O)O)c1)c1ccc(F)cc1. The van der Waals surface area contributed by atoms with Gasteiger partial charge in [0.2, 0.25) is 0 Å². The van der Waals surface area contributed by atoms with Crippen molar-refractivity contribution in [3.63, 3.8) is 0 Å². The van der Waals surface area contributed by atoms with E-state index < -0.39 is 17.7 Å². The molecule has 0 aliphatic carbocycles. The lowest BCUT2D eigenvalue weighted by atomic mass is 10.2. The van der Waals surface area contributed by atoms with E-state index in [0.717, 1.165) is 0 Å². The second-order valence-electron chi connectivity index (χ2n) is 3.70. The number of carboxylic acid groups (broad SMARTS) is 1. The molecular formula is C13H9FN2O3. The number of carbonyl (C=O) groups excluding carboxylic acids is 1. The van der Waals surface area contributed by atoms with Gasteiger partial charge in [-0.05, 0) is 36.4 Å². The van der Waals surface area contributed by atoms with Gasteiger partial charge in [0.25, 0.3) is 5.91 Å². The monoisotopic (exact) mass is 260 g/mol. The first-order valence-corrected chi connectivity index (χ1v) is 5.32. The average molecular weight is 260 g/mol. The number of aromatic nitrogens is 1. The van der Waals surface area contributed by atoms with Gasteiger partial charge in [-0.25, -0.2) is 14.2 Å². The van der Waals surface area contributed by atoms with Crippen molar-refractivity contribution >= 4 is 17.6 Å². The fraction of sp³-hybridized carbons (Fsp3) is 0. The van der Waals surface area contributed by atoms with Crippen LogP contribution in [0.2, 0.25) is 0 Å². The molecule has 5 nitrogen and oxygen atoms in total. The summed E-state index contributed by atoms with van der Waals surface area (Å²) in [4.78, 5) is 26.2. The number of anilines is 1. The Morgan fingerprint density at radius 1 is 1.16 bits per heavy atom. The molecule has 0 bridgehead atoms. The predicted molar refractivity (Wildman–Crippen MR) is 65.5 cm³/mol. The quantitative estimate of drug-likeness (QED) is 0.886. The van der Waals surface area contributed by atoms with E-state index in [2.05, 4.69) is 10.3 Å². The Labute approximate surface area is 107 Å². The zero-order chi connectivity index (χ0) is 13.8. The summed E-state index contributed by atoms with van der Waals surface area (Å²) in [5.41, 5.74) is 0.411. The van der Waals surface area contributed by atoms with Crippen LogP contribution >= 0.6 is 0 Å². The van der Waals surface area contributed by atoms with Crippen LogP contribution in [0.4, 0.5) is 10.1 Å². The maximum absolute atomic E-state index is 12.7. The molecule has 1 heterocycles. The number of nitrogens with one attached hydrogen (secondary N) is 1. The number of halogens is 1. The van der Waals surface area contributed by atoms with Gasteiger partial charge in [0, 0.05) is 17.4 Å². The number of hydrogen-bond donors (Lipinski definition) is 2. The highest BCUT2D eigenvalue weighted by atomic mass is 19.1. The molecule has 96 valence electrons. The van der Waals surface area contributed by atoms with E-state index in [9.17, 15) is 14.0 Å². The zero-order valence-corrected chi connectivity index (χ0v) is 9.63. The number of carboxylic acids is 1. The third kappa shape index (κ3) is 3.12. The second-order valence-corrected chi connectivity index (χ2v) is 3.70. The molecule has 2 rings (SSSR count). The highest BCUT2D eigenvalue weighted by Crippen LogP contribution is 2.11. The van der Waals surface area contributed by atoms with Crippen LogP contribution in [0.15, 0.2) is 42.6 Å². The first kappa shape index (κ1) is 12.7. The summed E-state index contributed by atoms with van der Waals surface area (Å²) in [6, 6.07) is 7.72. The van der Waals surface area contributed by atoms with Crippen LogP contribution in [0, 0.1) is 5.82 Å². The molecule has 0 unspecified atom stereocenters. The minimum Gasteiger partial charge on any atom is -0.477 e. The average Bonchev–Trinajstić information content (AvgIpc) is 2.39. The molecule has 0 atom stereocenters. The Morgan fingerprint density at radius 3 is 2.47 bits per heavy atom. The van der Waals surface area contributed by atoms with Gasteiger partial charge in [-0.15, -0.1) is 0 Å². The van der Waals surface area contributed by atoms with Gasteiger partial charge in [-0.2, -0.15) is 0 Å². The van der Waals surface area contributed by atoms with E-state index >= 15 is 0 Å². The fourth-order valence-corrected chi connectivity index (χ4v) is 1.43. The summed E-state index contributed by atoms with van der Waals surface area (Å²) in [6.07, 6.45) is 1.28. The molecule has 1 aromatic carbocycles. The largest absolute Gasteiger partial charge is 0.477 e. The summed E-state index contributed by atoms with van der Waals surface area (Å²) < 4.78 is 12.7. The molecule has 6 heteroatoms. The lowest BCUT2D eigenvalue weighted by molar-refractivity contribution is 0.0690. The molecule has 1 amide bonds. The molecule has 0 radical (unpaired) electrons. The summed E-state index contributed by atoms with van der Waals surface area (Å²) in [7, 11) is 0. The van der Waals surface area contributed by atoms with Gasteiger partial charge in [-0.1, -0.05) is 0 Å². The lowest BCUT2D eigenvalue weighted by Crippen LogP contribution is -2.12. The van der Waals surface area contributed by atoms with Crippen LogP contribution in [-0.2, 0) is 0 Å². The van der Waals surface area contributed by atoms with E-state index in [1.54, 1.807) is 0 Å². The topological polar surface area (TPSA) is 79.3 Å². The number of aromatic carboxylic acids is 1. The molecule has 1 aromatic heterocycles. The molecule has 2 aromatic rings. The molecule has 0 spiro atoms. The molecule has 0 aliphatic heterocycles. The summed E-state index contributed by atoms with van der Waals surface area (Å²) in [5.74, 6) is -2.07. The Hall–Kier alpha value is -2.76. The second kappa shape index (κ2) is 5.26. The van der Waals surface area contributed by atoms with Gasteiger partial charge in [0.1, 0.15) is 11.5 Å². The lowest BCUT2D eigenvalue weighted by Gasteiger charge is -2.05. The minimum absolute atomic E-state index is 0.170. The molecule has 19 heavy (non-hydrogen) atoms. The van der Waals surface area contributed by atoms with Crippen molar-refractivity contribution in [1.29, 1.82) is 0 Å². The van der Waals surface area contributed by atoms with Crippen LogP contribution in [0.5, 0.6) is 0 Å². The smallest absolute Gasteiger partial charge is 0.354 e. The van der Waals surface area contributed by atoms with Gasteiger partial charge >= 0.3 is 5.97 Å². The molecule has 0 saturated carbocycles. The first-order chi connectivity index (χ1) is 9.06. The van der Waals surface area contributed by atoms with Crippen molar-refractivity contribution in [2.45, 2.75) is 0 Å². The van der Waals surface area contributed by atoms with Crippen LogP contribution in [-0.4, -0.2) is 22.0 Å². The number of benzene rings is 1. The van der Waals surface area contributed by atoms with Gasteiger partial charge in [0.05, 0.1) is 0 Å². The highest BCUT2D eigenvalue weighted by Gasteiger charge is 2.09. The number of pyridine rings is 1. The van der Waals surface area contributed by atoms with Crippen LogP contribution in [0.25, 0.3) is 0 Å². The molecule has 0 fully saturated rings. The maximum atomic E-state index is 12.7. The van der Waals surface area contributed by atoms with Gasteiger partial charge in [-0.3, -0.25) is 4.79 Å². The zero-order valence-electron chi connectivity index (χ0n) is 9.63. The van der Waals surface area contributed by atoms with Crippen molar-refractivity contribution in [2.24, 2.45) is 0 Å². The van der Waals surface area contributed by atoms with E-state index in [-0.39, 0.29) is 11.3 Å². The van der Waals surface area contributed by atoms with E-state index in [0.29, 0.717) is 5.69 Å². The Morgan fingerprint density at radius 2 is 1.84 bits per heavy atom. The van der Waals surface area contributed by atoms with Crippen molar-refractivity contribution in [2.75, 3.05) is 5.32 Å². The number of amides is 1. The standard InChI is InChI=1S/C13H9FN2O3/c14-9-3-1-8(2-4-9)12(17)16-10-5-6-15-11(7-10)13(18)19/h1-7H,(H,18,19)(H,15,16,17). The first-order valence-electron chi connectivity index (χ1n) is 5.32. The number of nitrogens with zero attached hydrogens (tertiary/aromatic N) is 1. The minimum atomic E-state index is -1.18. The Balaban J connectivity index is 2.17. The Kier molecular flexibility index (Phi) is 3.51. The number of rotatable bonds is 3. The number of hydrogen-bond acceptors (Lipinski definition) is 3. The summed E-state index contributed by atoms with van der Waals surface area (Å²) in [5, 5.41) is 11.3. The normalized spacial score (nSPS) is 9.95. The van der Waals surface area contributed by atoms with Gasteiger partial charge < -0.3 is 10.4 Å². The fourth-order valence-electron chi connectivity index (χ4n) is 1.43. The Bertz CT molecular complexity index is 626. The van der Waals surface area contributed by atoms with E-state index in [1.165, 1.54) is 42.6 Å². The van der Waals surface area contributed by atoms with Gasteiger partial charge in [0.15, 0.2) is 0 Å². The van der Waals surface area contributed by atoms with Crippen LogP contribution in [0.3, 0.4) is 0 Å². The highest BCUT2D eigenvalue weighted by molar-refractivity contribution is 6.04. The third-order valence-electron chi connectivity index (χ3n) is 2.34. The maximum Gasteiger partial charge on any atom is 0.354 e. The molecule has 0 aliphatic rings. The van der Waals surface area contributed by atoms with Crippen LogP contribution < -0.4 is 5.32 Å². The number of carbonyl (C=O) groups is 2. The molecular weight excluding hydrogens is 251 g/mol. The summed E-state index contributed by atoms with van der Waals surface area (Å²) in [6.45, 7) is 0. The third-order valence-corrected chi connectivity index (χ3v) is 2.34. The van der Waals surface area contributed by atoms with Crippen molar-refractivity contribution < 1.29 is 19.1 Å². The predicted octanol–water partition coefficient (Wildman–Crippen LogP) is 2.17. The van der Waals surface area contributed by atoms with E-state index in [4.69, 9.17) is 5.11 Å². The van der Waals surface area contributed by atoms with E-state index in [1.807, 2.05) is 0 Å².